The van der Waals surface area contributed by atoms with Crippen LogP contribution in [0.1, 0.15) is 42.9 Å². The van der Waals surface area contributed by atoms with Gasteiger partial charge in [0, 0.05) is 6.07 Å². The van der Waals surface area contributed by atoms with Crippen molar-refractivity contribution in [2.75, 3.05) is 0 Å². The third-order valence-corrected chi connectivity index (χ3v) is 5.48. The summed E-state index contributed by atoms with van der Waals surface area (Å²) in [5.41, 5.74) is -3.71. The SMILES string of the molecule is CC(C)CC(C(=O)O)c1cc(-c2cc(F)cc(F)c2)cc(-c2cc(C(F)(F)F)cc(C(F)(F)F)c2)c1. The summed E-state index contributed by atoms with van der Waals surface area (Å²) in [5.74, 6) is -4.50. The molecule has 0 saturated heterocycles. The van der Waals surface area contributed by atoms with Crippen LogP contribution in [-0.4, -0.2) is 11.1 Å². The topological polar surface area (TPSA) is 37.3 Å². The number of halogens is 8. The molecule has 1 atom stereocenters. The molecule has 36 heavy (non-hydrogen) atoms. The minimum atomic E-state index is -5.09. The predicted octanol–water partition coefficient (Wildman–Crippen LogP) is 8.55. The standard InChI is InChI=1S/C26H20F8O2/c1-13(2)3-23(24(35)36)18-5-14(4-15(6-18)17-9-21(27)12-22(28)10-17)16-7-19(25(29,30)31)11-20(8-16)26(32,33)34/h4-13,23H,3H2,1-2H3,(H,35,36). The zero-order chi connectivity index (χ0) is 27.0. The fraction of sp³-hybridized carbons (Fsp3) is 0.269. The fourth-order valence-corrected chi connectivity index (χ4v) is 3.88. The van der Waals surface area contributed by atoms with Gasteiger partial charge < -0.3 is 5.11 Å². The molecule has 3 aromatic carbocycles. The summed E-state index contributed by atoms with van der Waals surface area (Å²) in [6, 6.07) is 7.14. The summed E-state index contributed by atoms with van der Waals surface area (Å²) in [7, 11) is 0. The molecule has 0 aromatic heterocycles. The molecule has 3 aromatic rings. The van der Waals surface area contributed by atoms with E-state index in [2.05, 4.69) is 0 Å². The van der Waals surface area contributed by atoms with Gasteiger partial charge in [-0.2, -0.15) is 26.3 Å². The first-order valence-electron chi connectivity index (χ1n) is 10.7. The van der Waals surface area contributed by atoms with E-state index in [1.807, 2.05) is 0 Å². The van der Waals surface area contributed by atoms with Crippen LogP contribution < -0.4 is 0 Å². The summed E-state index contributed by atoms with van der Waals surface area (Å²) in [5, 5.41) is 9.77. The van der Waals surface area contributed by atoms with E-state index in [1.165, 1.54) is 18.2 Å². The van der Waals surface area contributed by atoms with E-state index in [4.69, 9.17) is 0 Å². The lowest BCUT2D eigenvalue weighted by Gasteiger charge is -2.19. The second-order valence-corrected chi connectivity index (χ2v) is 8.82. The van der Waals surface area contributed by atoms with Gasteiger partial charge in [0.1, 0.15) is 11.6 Å². The quantitative estimate of drug-likeness (QED) is 0.334. The van der Waals surface area contributed by atoms with Crippen LogP contribution in [0.5, 0.6) is 0 Å². The van der Waals surface area contributed by atoms with E-state index in [9.17, 15) is 45.0 Å². The summed E-state index contributed by atoms with van der Waals surface area (Å²) in [4.78, 5) is 12.0. The van der Waals surface area contributed by atoms with Crippen LogP contribution in [0.4, 0.5) is 35.1 Å². The van der Waals surface area contributed by atoms with Crippen molar-refractivity contribution in [1.82, 2.24) is 0 Å². The lowest BCUT2D eigenvalue weighted by molar-refractivity contribution is -0.143. The third-order valence-electron chi connectivity index (χ3n) is 5.48. The summed E-state index contributed by atoms with van der Waals surface area (Å²) in [6.07, 6.45) is -10.1. The van der Waals surface area contributed by atoms with Crippen molar-refractivity contribution in [3.05, 3.63) is 82.9 Å². The Morgan fingerprint density at radius 2 is 1.11 bits per heavy atom. The Bertz CT molecular complexity index is 1220. The van der Waals surface area contributed by atoms with E-state index >= 15 is 0 Å². The highest BCUT2D eigenvalue weighted by Gasteiger charge is 2.37. The molecule has 2 nitrogen and oxygen atoms in total. The molecule has 192 valence electrons. The van der Waals surface area contributed by atoms with Gasteiger partial charge in [-0.1, -0.05) is 26.0 Å². The van der Waals surface area contributed by atoms with Gasteiger partial charge in [0.2, 0.25) is 0 Å². The van der Waals surface area contributed by atoms with Crippen molar-refractivity contribution in [3.8, 4) is 22.3 Å². The number of aliphatic carboxylic acids is 1. The van der Waals surface area contributed by atoms with Crippen LogP contribution in [0.2, 0.25) is 0 Å². The zero-order valence-corrected chi connectivity index (χ0v) is 18.9. The molecular weight excluding hydrogens is 496 g/mol. The molecule has 0 heterocycles. The predicted molar refractivity (Wildman–Crippen MR) is 117 cm³/mol. The molecule has 0 aliphatic carbocycles. The molecular formula is C26H20F8O2. The maximum Gasteiger partial charge on any atom is 0.416 e. The molecule has 0 fully saturated rings. The van der Waals surface area contributed by atoms with Crippen molar-refractivity contribution < 1.29 is 45.0 Å². The fourth-order valence-electron chi connectivity index (χ4n) is 3.88. The highest BCUT2D eigenvalue weighted by molar-refractivity contribution is 5.81. The third kappa shape index (κ3) is 6.41. The second kappa shape index (κ2) is 9.91. The molecule has 3 rings (SSSR count). The average molecular weight is 516 g/mol. The number of carbonyl (C=O) groups is 1. The summed E-state index contributed by atoms with van der Waals surface area (Å²) >= 11 is 0. The number of carboxylic acids is 1. The van der Waals surface area contributed by atoms with Crippen molar-refractivity contribution >= 4 is 5.97 Å². The lowest BCUT2D eigenvalue weighted by atomic mass is 9.86. The minimum absolute atomic E-state index is 0.0188. The Balaban J connectivity index is 2.35. The maximum atomic E-state index is 13.9. The van der Waals surface area contributed by atoms with Crippen LogP contribution in [-0.2, 0) is 17.1 Å². The maximum absolute atomic E-state index is 13.9. The van der Waals surface area contributed by atoms with Crippen LogP contribution in [0.15, 0.2) is 54.6 Å². The van der Waals surface area contributed by atoms with Gasteiger partial charge in [-0.25, -0.2) is 8.78 Å². The Kier molecular flexibility index (Phi) is 7.48. The second-order valence-electron chi connectivity index (χ2n) is 8.82. The number of hydrogen-bond donors (Lipinski definition) is 1. The van der Waals surface area contributed by atoms with Crippen molar-refractivity contribution in [1.29, 1.82) is 0 Å². The lowest BCUT2D eigenvalue weighted by Crippen LogP contribution is -2.14. The van der Waals surface area contributed by atoms with Gasteiger partial charge in [-0.3, -0.25) is 4.79 Å². The minimum Gasteiger partial charge on any atom is -0.481 e. The first kappa shape index (κ1) is 27.2. The Morgan fingerprint density at radius 3 is 1.50 bits per heavy atom. The van der Waals surface area contributed by atoms with Crippen molar-refractivity contribution in [2.24, 2.45) is 5.92 Å². The number of benzene rings is 3. The first-order valence-corrected chi connectivity index (χ1v) is 10.7. The molecule has 1 unspecified atom stereocenters. The molecule has 0 amide bonds. The van der Waals surface area contributed by atoms with Gasteiger partial charge in [0.15, 0.2) is 0 Å². The summed E-state index contributed by atoms with van der Waals surface area (Å²) in [6.45, 7) is 3.48. The van der Waals surface area contributed by atoms with Gasteiger partial charge >= 0.3 is 18.3 Å². The average Bonchev–Trinajstić information content (AvgIpc) is 2.74. The highest BCUT2D eigenvalue weighted by Crippen LogP contribution is 2.40. The van der Waals surface area contributed by atoms with Crippen molar-refractivity contribution in [3.63, 3.8) is 0 Å². The number of rotatable bonds is 6. The molecule has 0 aliphatic rings. The molecule has 10 heteroatoms. The van der Waals surface area contributed by atoms with Crippen LogP contribution >= 0.6 is 0 Å². The number of alkyl halides is 6. The van der Waals surface area contributed by atoms with Gasteiger partial charge in [0.25, 0.3) is 0 Å². The van der Waals surface area contributed by atoms with E-state index in [-0.39, 0.29) is 40.7 Å². The molecule has 0 bridgehead atoms. The summed E-state index contributed by atoms with van der Waals surface area (Å²) < 4.78 is 108. The van der Waals surface area contributed by atoms with Crippen LogP contribution in [0.3, 0.4) is 0 Å². The number of carboxylic acid groups (broad SMARTS) is 1. The van der Waals surface area contributed by atoms with E-state index in [1.54, 1.807) is 13.8 Å². The smallest absolute Gasteiger partial charge is 0.416 e. The van der Waals surface area contributed by atoms with Crippen molar-refractivity contribution in [2.45, 2.75) is 38.5 Å². The number of hydrogen-bond acceptors (Lipinski definition) is 1. The van der Waals surface area contributed by atoms with E-state index in [0.29, 0.717) is 18.2 Å². The molecule has 0 radical (unpaired) electrons. The van der Waals surface area contributed by atoms with Crippen LogP contribution in [0, 0.1) is 17.6 Å². The normalized spacial score (nSPS) is 13.2. The molecule has 0 spiro atoms. The van der Waals surface area contributed by atoms with Crippen LogP contribution in [0.25, 0.3) is 22.3 Å². The van der Waals surface area contributed by atoms with E-state index < -0.39 is 52.6 Å². The molecule has 0 saturated carbocycles. The molecule has 1 N–H and O–H groups in total. The zero-order valence-electron chi connectivity index (χ0n) is 18.9. The Hall–Kier alpha value is -3.43. The largest absolute Gasteiger partial charge is 0.481 e. The first-order chi connectivity index (χ1) is 16.5. The highest BCUT2D eigenvalue weighted by atomic mass is 19.4. The van der Waals surface area contributed by atoms with Gasteiger partial charge in [-0.05, 0) is 76.6 Å². The molecule has 0 aliphatic heterocycles. The Morgan fingerprint density at radius 1 is 0.694 bits per heavy atom. The Labute approximate surface area is 201 Å². The monoisotopic (exact) mass is 516 g/mol. The van der Waals surface area contributed by atoms with Gasteiger partial charge in [-0.15, -0.1) is 0 Å². The van der Waals surface area contributed by atoms with Gasteiger partial charge in [0.05, 0.1) is 17.0 Å². The van der Waals surface area contributed by atoms with E-state index in [0.717, 1.165) is 12.1 Å².